The van der Waals surface area contributed by atoms with Crippen LogP contribution in [0.25, 0.3) is 0 Å². The van der Waals surface area contributed by atoms with Gasteiger partial charge in [-0.15, -0.1) is 11.8 Å². The van der Waals surface area contributed by atoms with Crippen molar-refractivity contribution in [3.63, 3.8) is 0 Å². The van der Waals surface area contributed by atoms with E-state index in [1.165, 1.54) is 6.07 Å². The number of nitrogens with one attached hydrogen (secondary N) is 1. The van der Waals surface area contributed by atoms with E-state index in [0.717, 1.165) is 57.3 Å². The number of aliphatic imine (C=N–C) groups is 1. The maximum absolute atomic E-state index is 13.7. The van der Waals surface area contributed by atoms with Crippen molar-refractivity contribution in [2.75, 3.05) is 20.2 Å². The molecule has 0 radical (unpaired) electrons. The number of rotatable bonds is 5. The van der Waals surface area contributed by atoms with Crippen LogP contribution in [-0.4, -0.2) is 26.0 Å². The van der Waals surface area contributed by atoms with Gasteiger partial charge in [-0.1, -0.05) is 15.9 Å². The van der Waals surface area contributed by atoms with Gasteiger partial charge in [-0.05, 0) is 42.8 Å². The van der Waals surface area contributed by atoms with Crippen LogP contribution >= 0.6 is 27.7 Å². The lowest BCUT2D eigenvalue weighted by Gasteiger charge is -2.17. The van der Waals surface area contributed by atoms with Gasteiger partial charge in [0.2, 0.25) is 0 Å². The number of amidine groups is 1. The third kappa shape index (κ3) is 4.11. The predicted molar refractivity (Wildman–Crippen MR) is 101 cm³/mol. The van der Waals surface area contributed by atoms with Gasteiger partial charge < -0.3 is 10.1 Å². The fraction of sp³-hybridized carbons (Fsp3) is 0.278. The summed E-state index contributed by atoms with van der Waals surface area (Å²) in [5.41, 5.74) is 1.92. The quantitative estimate of drug-likeness (QED) is 0.732. The normalized spacial score (nSPS) is 14.0. The van der Waals surface area contributed by atoms with Crippen molar-refractivity contribution in [1.82, 2.24) is 5.32 Å². The summed E-state index contributed by atoms with van der Waals surface area (Å²) in [7, 11) is 1.67. The first-order valence-corrected chi connectivity index (χ1v) is 9.48. The first kappa shape index (κ1) is 17.3. The molecule has 0 bridgehead atoms. The van der Waals surface area contributed by atoms with E-state index in [9.17, 15) is 4.39 Å². The first-order valence-electron chi connectivity index (χ1n) is 7.71. The number of nitrogens with zero attached hydrogens (tertiary/aromatic N) is 1. The number of halogens is 2. The molecule has 126 valence electrons. The van der Waals surface area contributed by atoms with Crippen molar-refractivity contribution < 1.29 is 9.13 Å². The Kier molecular flexibility index (Phi) is 5.79. The Morgan fingerprint density at radius 2 is 2.17 bits per heavy atom. The summed E-state index contributed by atoms with van der Waals surface area (Å²) in [5.74, 6) is 2.12. The summed E-state index contributed by atoms with van der Waals surface area (Å²) < 4.78 is 20.2. The summed E-state index contributed by atoms with van der Waals surface area (Å²) in [6.07, 6.45) is 1.01. The second-order valence-corrected chi connectivity index (χ2v) is 7.33. The second kappa shape index (κ2) is 8.03. The largest absolute Gasteiger partial charge is 0.496 e. The molecule has 2 aromatic rings. The number of ether oxygens (including phenoxy) is 1. The molecule has 3 rings (SSSR count). The monoisotopic (exact) mass is 408 g/mol. The van der Waals surface area contributed by atoms with Crippen LogP contribution in [0.1, 0.15) is 17.5 Å². The number of hydrogen-bond acceptors (Lipinski definition) is 4. The number of hydrogen-bond donors (Lipinski definition) is 1. The van der Waals surface area contributed by atoms with Crippen LogP contribution < -0.4 is 10.1 Å². The van der Waals surface area contributed by atoms with Gasteiger partial charge in [0.25, 0.3) is 0 Å². The van der Waals surface area contributed by atoms with Crippen LogP contribution in [0.15, 0.2) is 50.8 Å². The van der Waals surface area contributed by atoms with Crippen molar-refractivity contribution in [2.45, 2.75) is 17.1 Å². The van der Waals surface area contributed by atoms with Crippen molar-refractivity contribution in [2.24, 2.45) is 4.99 Å². The average molecular weight is 409 g/mol. The molecular formula is C18H18BrFN2OS. The molecule has 0 saturated carbocycles. The minimum Gasteiger partial charge on any atom is -0.496 e. The summed E-state index contributed by atoms with van der Waals surface area (Å²) >= 11 is 5.15. The molecule has 0 saturated heterocycles. The fourth-order valence-electron chi connectivity index (χ4n) is 2.54. The van der Waals surface area contributed by atoms with Crippen molar-refractivity contribution in [3.05, 3.63) is 57.8 Å². The zero-order valence-corrected chi connectivity index (χ0v) is 15.7. The fourth-order valence-corrected chi connectivity index (χ4v) is 3.96. The minimum atomic E-state index is -0.246. The highest BCUT2D eigenvalue weighted by molar-refractivity contribution is 9.10. The Balaban J connectivity index is 1.85. The number of methoxy groups -OCH3 is 1. The summed E-state index contributed by atoms with van der Waals surface area (Å²) in [6.45, 7) is 1.65. The topological polar surface area (TPSA) is 33.6 Å². The highest BCUT2D eigenvalue weighted by Gasteiger charge is 2.14. The van der Waals surface area contributed by atoms with E-state index in [-0.39, 0.29) is 5.82 Å². The van der Waals surface area contributed by atoms with Crippen LogP contribution in [0.5, 0.6) is 5.75 Å². The second-order valence-electron chi connectivity index (χ2n) is 5.40. The van der Waals surface area contributed by atoms with Gasteiger partial charge >= 0.3 is 0 Å². The molecule has 0 unspecified atom stereocenters. The summed E-state index contributed by atoms with van der Waals surface area (Å²) in [6, 6.07) is 10.8. The smallest absolute Gasteiger partial charge is 0.129 e. The molecule has 6 heteroatoms. The maximum Gasteiger partial charge on any atom is 0.129 e. The molecule has 0 amide bonds. The van der Waals surface area contributed by atoms with Gasteiger partial charge in [-0.25, -0.2) is 4.39 Å². The van der Waals surface area contributed by atoms with Gasteiger partial charge in [0.1, 0.15) is 17.4 Å². The van der Waals surface area contributed by atoms with Crippen LogP contribution in [0.4, 0.5) is 4.39 Å². The Bertz CT molecular complexity index is 767. The molecule has 1 aliphatic rings. The lowest BCUT2D eigenvalue weighted by Crippen LogP contribution is -2.30. The van der Waals surface area contributed by atoms with Crippen LogP contribution in [0.2, 0.25) is 0 Å². The molecule has 0 atom stereocenters. The van der Waals surface area contributed by atoms with Gasteiger partial charge in [-0.3, -0.25) is 4.99 Å². The van der Waals surface area contributed by atoms with Crippen molar-refractivity contribution in [3.8, 4) is 5.75 Å². The highest BCUT2D eigenvalue weighted by Crippen LogP contribution is 2.32. The molecule has 2 aromatic carbocycles. The first-order chi connectivity index (χ1) is 11.7. The molecule has 0 fully saturated rings. The minimum absolute atomic E-state index is 0.246. The standard InChI is InChI=1S/C18H18BrFN2OS/c1-23-16-5-3-13(19)9-12(16)11-24-17-6-4-14(20)10-15(17)18-21-7-2-8-22-18/h3-6,9-10H,2,7-8,11H2,1H3,(H,21,22). The lowest BCUT2D eigenvalue weighted by molar-refractivity contribution is 0.411. The van der Waals surface area contributed by atoms with Crippen LogP contribution in [0.3, 0.4) is 0 Å². The average Bonchev–Trinajstić information content (AvgIpc) is 2.61. The Morgan fingerprint density at radius 3 is 2.92 bits per heavy atom. The zero-order valence-electron chi connectivity index (χ0n) is 13.3. The molecular weight excluding hydrogens is 391 g/mol. The third-order valence-corrected chi connectivity index (χ3v) is 5.34. The summed E-state index contributed by atoms with van der Waals surface area (Å²) in [5, 5.41) is 3.27. The molecule has 1 heterocycles. The third-order valence-electron chi connectivity index (χ3n) is 3.72. The van der Waals surface area contributed by atoms with Crippen molar-refractivity contribution in [1.29, 1.82) is 0 Å². The van der Waals surface area contributed by atoms with Gasteiger partial charge in [0.15, 0.2) is 0 Å². The van der Waals surface area contributed by atoms with Crippen molar-refractivity contribution >= 4 is 33.5 Å². The van der Waals surface area contributed by atoms with Gasteiger partial charge in [0.05, 0.1) is 7.11 Å². The molecule has 0 aromatic heterocycles. The Labute approximate surface area is 153 Å². The van der Waals surface area contributed by atoms with E-state index in [4.69, 9.17) is 4.74 Å². The van der Waals surface area contributed by atoms with Gasteiger partial charge in [0, 0.05) is 39.3 Å². The molecule has 24 heavy (non-hydrogen) atoms. The highest BCUT2D eigenvalue weighted by atomic mass is 79.9. The molecule has 0 aliphatic carbocycles. The molecule has 1 N–H and O–H groups in total. The predicted octanol–water partition coefficient (Wildman–Crippen LogP) is 4.63. The van der Waals surface area contributed by atoms with Crippen LogP contribution in [0, 0.1) is 5.82 Å². The Hall–Kier alpha value is -1.53. The SMILES string of the molecule is COc1ccc(Br)cc1CSc1ccc(F)cc1C1=NCCCN1. The number of thioether (sulfide) groups is 1. The van der Waals surface area contributed by atoms with E-state index in [1.807, 2.05) is 24.3 Å². The Morgan fingerprint density at radius 1 is 1.29 bits per heavy atom. The lowest BCUT2D eigenvalue weighted by atomic mass is 10.1. The van der Waals surface area contributed by atoms with Gasteiger partial charge in [-0.2, -0.15) is 0 Å². The van der Waals surface area contributed by atoms with E-state index in [1.54, 1.807) is 24.9 Å². The van der Waals surface area contributed by atoms with E-state index in [0.29, 0.717) is 0 Å². The van der Waals surface area contributed by atoms with E-state index >= 15 is 0 Å². The maximum atomic E-state index is 13.7. The molecule has 0 spiro atoms. The molecule has 1 aliphatic heterocycles. The number of benzene rings is 2. The summed E-state index contributed by atoms with van der Waals surface area (Å²) in [4.78, 5) is 5.50. The van der Waals surface area contributed by atoms with E-state index in [2.05, 4.69) is 26.2 Å². The van der Waals surface area contributed by atoms with Crippen LogP contribution in [-0.2, 0) is 5.75 Å². The zero-order chi connectivity index (χ0) is 16.9. The molecule has 3 nitrogen and oxygen atoms in total. The van der Waals surface area contributed by atoms with E-state index < -0.39 is 0 Å².